The van der Waals surface area contributed by atoms with Gasteiger partial charge in [0.15, 0.2) is 0 Å². The van der Waals surface area contributed by atoms with Crippen LogP contribution in [-0.2, 0) is 0 Å². The number of nitrogens with zero attached hydrogens (tertiary/aromatic N) is 3. The van der Waals surface area contributed by atoms with Crippen LogP contribution in [0.15, 0.2) is 52.9 Å². The van der Waals surface area contributed by atoms with Crippen molar-refractivity contribution in [3.63, 3.8) is 0 Å². The summed E-state index contributed by atoms with van der Waals surface area (Å²) in [5.74, 6) is 0.928. The molecule has 0 radical (unpaired) electrons. The minimum Gasteiger partial charge on any atom is -0.496 e. The first-order valence-corrected chi connectivity index (χ1v) is 8.63. The Morgan fingerprint density at radius 1 is 1.04 bits per heavy atom. The third-order valence-electron chi connectivity index (χ3n) is 4.53. The van der Waals surface area contributed by atoms with Gasteiger partial charge >= 0.3 is 11.8 Å². The maximum atomic E-state index is 12.4. The lowest BCUT2D eigenvalue weighted by Crippen LogP contribution is -2.27. The van der Waals surface area contributed by atoms with Gasteiger partial charge in [0.05, 0.1) is 7.11 Å². The number of carbonyl (C=O) groups excluding carboxylic acids is 1. The molecule has 1 fully saturated rings. The molecule has 26 heavy (non-hydrogen) atoms. The summed E-state index contributed by atoms with van der Waals surface area (Å²) in [6.45, 7) is 1.49. The molecule has 2 heterocycles. The van der Waals surface area contributed by atoms with Crippen LogP contribution < -0.4 is 4.74 Å². The number of hydrogen-bond acceptors (Lipinski definition) is 5. The van der Waals surface area contributed by atoms with Gasteiger partial charge in [-0.2, -0.15) is 0 Å². The van der Waals surface area contributed by atoms with E-state index in [1.54, 1.807) is 12.0 Å². The highest BCUT2D eigenvalue weighted by Gasteiger charge is 2.25. The molecule has 1 aromatic heterocycles. The molecule has 0 atom stereocenters. The lowest BCUT2D eigenvalue weighted by atomic mass is 10.0. The highest BCUT2D eigenvalue weighted by molar-refractivity contribution is 5.90. The van der Waals surface area contributed by atoms with Crippen LogP contribution in [0.4, 0.5) is 0 Å². The van der Waals surface area contributed by atoms with E-state index in [4.69, 9.17) is 9.15 Å². The first-order valence-electron chi connectivity index (χ1n) is 8.63. The zero-order chi connectivity index (χ0) is 17.9. The van der Waals surface area contributed by atoms with E-state index >= 15 is 0 Å². The topological polar surface area (TPSA) is 68.5 Å². The lowest BCUT2D eigenvalue weighted by Gasteiger charge is -2.11. The Bertz CT molecular complexity index is 915. The molecule has 3 aromatic rings. The molecule has 0 unspecified atom stereocenters. The largest absolute Gasteiger partial charge is 0.496 e. The molecule has 2 aromatic carbocycles. The highest BCUT2D eigenvalue weighted by Crippen LogP contribution is 2.33. The Kier molecular flexibility index (Phi) is 4.39. The quantitative estimate of drug-likeness (QED) is 0.719. The van der Waals surface area contributed by atoms with Crippen molar-refractivity contribution < 1.29 is 13.9 Å². The predicted octanol–water partition coefficient (Wildman–Crippen LogP) is 3.65. The van der Waals surface area contributed by atoms with E-state index in [9.17, 15) is 4.79 Å². The molecule has 1 amide bonds. The van der Waals surface area contributed by atoms with Crippen molar-refractivity contribution in [3.8, 4) is 28.3 Å². The SMILES string of the molecule is COc1ccc(-c2nnc(C(=O)N3CCCC3)o2)cc1-c1ccccc1. The number of ether oxygens (including phenoxy) is 1. The van der Waals surface area contributed by atoms with Gasteiger partial charge in [-0.25, -0.2) is 0 Å². The Morgan fingerprint density at radius 3 is 2.54 bits per heavy atom. The van der Waals surface area contributed by atoms with Crippen LogP contribution in [0.5, 0.6) is 5.75 Å². The smallest absolute Gasteiger partial charge is 0.311 e. The van der Waals surface area contributed by atoms with E-state index in [0.717, 1.165) is 48.4 Å². The maximum absolute atomic E-state index is 12.4. The number of carbonyl (C=O) groups is 1. The fourth-order valence-electron chi connectivity index (χ4n) is 3.17. The summed E-state index contributed by atoms with van der Waals surface area (Å²) in [4.78, 5) is 14.1. The number of likely N-dealkylation sites (tertiary alicyclic amines) is 1. The number of amides is 1. The van der Waals surface area contributed by atoms with E-state index in [-0.39, 0.29) is 11.8 Å². The lowest BCUT2D eigenvalue weighted by molar-refractivity contribution is 0.0754. The van der Waals surface area contributed by atoms with E-state index in [2.05, 4.69) is 10.2 Å². The molecule has 0 saturated carbocycles. The zero-order valence-electron chi connectivity index (χ0n) is 14.5. The van der Waals surface area contributed by atoms with Gasteiger partial charge in [0.25, 0.3) is 0 Å². The van der Waals surface area contributed by atoms with Crippen molar-refractivity contribution in [1.29, 1.82) is 0 Å². The molecule has 0 bridgehead atoms. The van der Waals surface area contributed by atoms with E-state index in [0.29, 0.717) is 5.89 Å². The van der Waals surface area contributed by atoms with Crippen LogP contribution in [-0.4, -0.2) is 41.2 Å². The summed E-state index contributed by atoms with van der Waals surface area (Å²) in [7, 11) is 1.64. The minimum absolute atomic E-state index is 0.0407. The van der Waals surface area contributed by atoms with Crippen molar-refractivity contribution in [1.82, 2.24) is 15.1 Å². The number of methoxy groups -OCH3 is 1. The maximum Gasteiger partial charge on any atom is 0.311 e. The van der Waals surface area contributed by atoms with Gasteiger partial charge in [-0.1, -0.05) is 30.3 Å². The van der Waals surface area contributed by atoms with Gasteiger partial charge in [-0.3, -0.25) is 4.79 Å². The molecule has 0 aliphatic carbocycles. The molecule has 6 nitrogen and oxygen atoms in total. The predicted molar refractivity (Wildman–Crippen MR) is 96.9 cm³/mol. The third kappa shape index (κ3) is 3.06. The molecule has 4 rings (SSSR count). The van der Waals surface area contributed by atoms with Crippen molar-refractivity contribution in [3.05, 3.63) is 54.4 Å². The molecule has 132 valence electrons. The first kappa shape index (κ1) is 16.3. The van der Waals surface area contributed by atoms with Crippen LogP contribution in [0.25, 0.3) is 22.6 Å². The normalized spacial score (nSPS) is 13.8. The molecule has 1 aliphatic rings. The van der Waals surface area contributed by atoms with Gasteiger partial charge in [-0.05, 0) is 36.6 Å². The van der Waals surface area contributed by atoms with Crippen LogP contribution in [0, 0.1) is 0 Å². The molecular formula is C20H19N3O3. The van der Waals surface area contributed by atoms with Crippen LogP contribution >= 0.6 is 0 Å². The van der Waals surface area contributed by atoms with E-state index in [1.807, 2.05) is 48.5 Å². The van der Waals surface area contributed by atoms with Crippen molar-refractivity contribution in [2.45, 2.75) is 12.8 Å². The number of rotatable bonds is 4. The van der Waals surface area contributed by atoms with Crippen molar-refractivity contribution in [2.24, 2.45) is 0 Å². The molecular weight excluding hydrogens is 330 g/mol. The summed E-state index contributed by atoms with van der Waals surface area (Å²) < 4.78 is 11.1. The molecule has 0 N–H and O–H groups in total. The van der Waals surface area contributed by atoms with Gasteiger partial charge in [0, 0.05) is 24.2 Å². The Morgan fingerprint density at radius 2 is 1.81 bits per heavy atom. The summed E-state index contributed by atoms with van der Waals surface area (Å²) in [5, 5.41) is 8.01. The summed E-state index contributed by atoms with van der Waals surface area (Å²) >= 11 is 0. The highest BCUT2D eigenvalue weighted by atomic mass is 16.5. The summed E-state index contributed by atoms with van der Waals surface area (Å²) in [6.07, 6.45) is 2.04. The molecule has 1 aliphatic heterocycles. The van der Waals surface area contributed by atoms with Crippen LogP contribution in [0.1, 0.15) is 23.5 Å². The second-order valence-corrected chi connectivity index (χ2v) is 6.19. The van der Waals surface area contributed by atoms with Gasteiger partial charge in [0.2, 0.25) is 5.89 Å². The van der Waals surface area contributed by atoms with Gasteiger partial charge in [-0.15, -0.1) is 10.2 Å². The average molecular weight is 349 g/mol. The van der Waals surface area contributed by atoms with Gasteiger partial charge < -0.3 is 14.1 Å². The van der Waals surface area contributed by atoms with Crippen molar-refractivity contribution >= 4 is 5.91 Å². The Balaban J connectivity index is 1.67. The third-order valence-corrected chi connectivity index (χ3v) is 4.53. The average Bonchev–Trinajstić information content (AvgIpc) is 3.40. The fraction of sp³-hybridized carbons (Fsp3) is 0.250. The monoisotopic (exact) mass is 349 g/mol. The Hall–Kier alpha value is -3.15. The van der Waals surface area contributed by atoms with Crippen LogP contribution in [0.3, 0.4) is 0 Å². The minimum atomic E-state index is -0.196. The Labute approximate surface area is 151 Å². The second-order valence-electron chi connectivity index (χ2n) is 6.19. The molecule has 6 heteroatoms. The second kappa shape index (κ2) is 7.00. The number of benzene rings is 2. The standard InChI is InChI=1S/C20H19N3O3/c1-25-17-10-9-15(13-16(17)14-7-3-2-4-8-14)18-21-22-19(26-18)20(24)23-11-5-6-12-23/h2-4,7-10,13H,5-6,11-12H2,1H3. The zero-order valence-corrected chi connectivity index (χ0v) is 14.5. The van der Waals surface area contributed by atoms with Crippen molar-refractivity contribution in [2.75, 3.05) is 20.2 Å². The molecule has 0 spiro atoms. The summed E-state index contributed by atoms with van der Waals surface area (Å²) in [5.41, 5.74) is 2.70. The van der Waals surface area contributed by atoms with Gasteiger partial charge in [0.1, 0.15) is 5.75 Å². The first-order chi connectivity index (χ1) is 12.8. The summed E-state index contributed by atoms with van der Waals surface area (Å²) in [6, 6.07) is 15.6. The van der Waals surface area contributed by atoms with E-state index in [1.165, 1.54) is 0 Å². The number of hydrogen-bond donors (Lipinski definition) is 0. The van der Waals surface area contributed by atoms with Crippen LogP contribution in [0.2, 0.25) is 0 Å². The van der Waals surface area contributed by atoms with E-state index < -0.39 is 0 Å². The fourth-order valence-corrected chi connectivity index (χ4v) is 3.17. The number of aromatic nitrogens is 2. The molecule has 1 saturated heterocycles.